The Kier molecular flexibility index (Phi) is 10.1. The Morgan fingerprint density at radius 2 is 1.15 bits per heavy atom. The molecule has 148 valence electrons. The lowest BCUT2D eigenvalue weighted by atomic mass is 9.76. The van der Waals surface area contributed by atoms with E-state index >= 15 is 0 Å². The molecule has 0 aromatic rings. The second-order valence-corrected chi connectivity index (χ2v) is 9.05. The van der Waals surface area contributed by atoms with Crippen LogP contribution in [0.2, 0.25) is 0 Å². The van der Waals surface area contributed by atoms with E-state index < -0.39 is 0 Å². The third-order valence-electron chi connectivity index (χ3n) is 6.59. The summed E-state index contributed by atoms with van der Waals surface area (Å²) in [7, 11) is 0. The standard InChI is InChI=1S/2C12H20O/c2*1-9(2)11-5-4-10(3)12(8-11)6-7-13/h2*4,7,9,11-12H,5-6,8H2,1-3H3/t11-,12+;11-,12-/m11/s1. The molecule has 0 radical (unpaired) electrons. The van der Waals surface area contributed by atoms with Crippen LogP contribution in [0.1, 0.15) is 80.1 Å². The van der Waals surface area contributed by atoms with E-state index in [1.807, 2.05) is 0 Å². The highest BCUT2D eigenvalue weighted by molar-refractivity contribution is 5.51. The monoisotopic (exact) mass is 360 g/mol. The molecule has 0 bridgehead atoms. The Morgan fingerprint density at radius 3 is 1.42 bits per heavy atom. The van der Waals surface area contributed by atoms with Crippen LogP contribution in [0.3, 0.4) is 0 Å². The number of carbonyl (C=O) groups excluding carboxylic acids is 2. The number of carbonyl (C=O) groups is 2. The molecule has 2 aliphatic rings. The Labute approximate surface area is 161 Å². The van der Waals surface area contributed by atoms with E-state index in [-0.39, 0.29) is 0 Å². The van der Waals surface area contributed by atoms with Gasteiger partial charge in [-0.25, -0.2) is 0 Å². The quantitative estimate of drug-likeness (QED) is 0.405. The SMILES string of the molecule is CC1=CC[C@@H](C(C)C)C[C@@H]1CC=O.CC1=CC[C@@H](C(C)C)C[C@H]1CC=O. The highest BCUT2D eigenvalue weighted by Crippen LogP contribution is 2.35. The molecule has 0 aromatic heterocycles. The molecule has 2 heteroatoms. The normalized spacial score (nSPS) is 28.8. The van der Waals surface area contributed by atoms with Crippen LogP contribution >= 0.6 is 0 Å². The first-order valence-corrected chi connectivity index (χ1v) is 10.5. The number of allylic oxidation sites excluding steroid dienone is 4. The first-order valence-electron chi connectivity index (χ1n) is 10.5. The Bertz CT molecular complexity index is 452. The smallest absolute Gasteiger partial charge is 0.120 e. The van der Waals surface area contributed by atoms with Gasteiger partial charge in [0.05, 0.1) is 0 Å². The molecule has 0 aromatic carbocycles. The van der Waals surface area contributed by atoms with E-state index in [2.05, 4.69) is 53.7 Å². The maximum Gasteiger partial charge on any atom is 0.120 e. The van der Waals surface area contributed by atoms with Crippen LogP contribution in [0.25, 0.3) is 0 Å². The van der Waals surface area contributed by atoms with Crippen molar-refractivity contribution in [2.75, 3.05) is 0 Å². The minimum Gasteiger partial charge on any atom is -0.303 e. The summed E-state index contributed by atoms with van der Waals surface area (Å²) in [4.78, 5) is 20.9. The Hall–Kier alpha value is -1.18. The molecular formula is C24H40O2. The van der Waals surface area contributed by atoms with E-state index in [0.717, 1.165) is 36.2 Å². The van der Waals surface area contributed by atoms with Gasteiger partial charge in [0.2, 0.25) is 0 Å². The van der Waals surface area contributed by atoms with Crippen LogP contribution in [0.4, 0.5) is 0 Å². The van der Waals surface area contributed by atoms with Crippen molar-refractivity contribution in [3.8, 4) is 0 Å². The summed E-state index contributed by atoms with van der Waals surface area (Å²) in [5.74, 6) is 4.12. The van der Waals surface area contributed by atoms with Crippen molar-refractivity contribution < 1.29 is 9.59 Å². The third kappa shape index (κ3) is 7.21. The van der Waals surface area contributed by atoms with Crippen molar-refractivity contribution in [1.82, 2.24) is 0 Å². The van der Waals surface area contributed by atoms with Gasteiger partial charge in [0.15, 0.2) is 0 Å². The summed E-state index contributed by atoms with van der Waals surface area (Å²) < 4.78 is 0. The Balaban J connectivity index is 0.000000260. The van der Waals surface area contributed by atoms with Gasteiger partial charge in [-0.1, -0.05) is 51.0 Å². The molecule has 0 saturated heterocycles. The number of rotatable bonds is 6. The van der Waals surface area contributed by atoms with Gasteiger partial charge in [-0.15, -0.1) is 0 Å². The predicted molar refractivity (Wildman–Crippen MR) is 111 cm³/mol. The molecule has 4 atom stereocenters. The molecule has 0 N–H and O–H groups in total. The van der Waals surface area contributed by atoms with Crippen LogP contribution in [0.15, 0.2) is 23.3 Å². The number of aldehydes is 2. The van der Waals surface area contributed by atoms with Gasteiger partial charge in [0, 0.05) is 12.8 Å². The van der Waals surface area contributed by atoms with Crippen molar-refractivity contribution >= 4 is 12.6 Å². The van der Waals surface area contributed by atoms with Gasteiger partial charge >= 0.3 is 0 Å². The minimum absolute atomic E-state index is 0.527. The average Bonchev–Trinajstić information content (AvgIpc) is 2.59. The molecule has 2 nitrogen and oxygen atoms in total. The first-order chi connectivity index (χ1) is 12.3. The van der Waals surface area contributed by atoms with Gasteiger partial charge in [0.1, 0.15) is 12.6 Å². The van der Waals surface area contributed by atoms with Crippen molar-refractivity contribution in [2.45, 2.75) is 80.1 Å². The molecule has 0 amide bonds. The maximum absolute atomic E-state index is 10.5. The highest BCUT2D eigenvalue weighted by Gasteiger charge is 2.24. The predicted octanol–water partition coefficient (Wildman–Crippen LogP) is 6.41. The van der Waals surface area contributed by atoms with Crippen LogP contribution in [-0.2, 0) is 9.59 Å². The van der Waals surface area contributed by atoms with E-state index in [9.17, 15) is 9.59 Å². The number of hydrogen-bond acceptors (Lipinski definition) is 2. The zero-order valence-corrected chi connectivity index (χ0v) is 17.8. The van der Waals surface area contributed by atoms with E-state index in [1.54, 1.807) is 0 Å². The van der Waals surface area contributed by atoms with E-state index in [0.29, 0.717) is 24.7 Å². The summed E-state index contributed by atoms with van der Waals surface area (Å²) in [6, 6.07) is 0. The zero-order valence-electron chi connectivity index (χ0n) is 17.8. The number of hydrogen-bond donors (Lipinski definition) is 0. The summed E-state index contributed by atoms with van der Waals surface area (Å²) in [5.41, 5.74) is 2.84. The van der Waals surface area contributed by atoms with Gasteiger partial charge in [0.25, 0.3) is 0 Å². The van der Waals surface area contributed by atoms with E-state index in [4.69, 9.17) is 0 Å². The fourth-order valence-corrected chi connectivity index (χ4v) is 4.19. The van der Waals surface area contributed by atoms with Crippen LogP contribution in [0.5, 0.6) is 0 Å². The summed E-state index contributed by atoms with van der Waals surface area (Å²) in [6.45, 7) is 13.4. The molecule has 0 unspecified atom stereocenters. The molecule has 0 heterocycles. The van der Waals surface area contributed by atoms with Crippen molar-refractivity contribution in [2.24, 2.45) is 35.5 Å². The second-order valence-electron chi connectivity index (χ2n) is 9.05. The second kappa shape index (κ2) is 11.5. The Morgan fingerprint density at radius 1 is 0.808 bits per heavy atom. The molecule has 0 saturated carbocycles. The van der Waals surface area contributed by atoms with Gasteiger partial charge in [-0.05, 0) is 75.0 Å². The van der Waals surface area contributed by atoms with Crippen molar-refractivity contribution in [1.29, 1.82) is 0 Å². The maximum atomic E-state index is 10.5. The molecule has 2 aliphatic carbocycles. The fourth-order valence-electron chi connectivity index (χ4n) is 4.19. The lowest BCUT2D eigenvalue weighted by Gasteiger charge is -2.29. The largest absolute Gasteiger partial charge is 0.303 e. The molecule has 26 heavy (non-hydrogen) atoms. The van der Waals surface area contributed by atoms with Gasteiger partial charge in [-0.2, -0.15) is 0 Å². The highest BCUT2D eigenvalue weighted by atomic mass is 16.1. The van der Waals surface area contributed by atoms with Gasteiger partial charge in [-0.3, -0.25) is 0 Å². The lowest BCUT2D eigenvalue weighted by molar-refractivity contribution is -0.109. The molecular weight excluding hydrogens is 320 g/mol. The van der Waals surface area contributed by atoms with Crippen LogP contribution in [-0.4, -0.2) is 12.6 Å². The van der Waals surface area contributed by atoms with Crippen molar-refractivity contribution in [3.63, 3.8) is 0 Å². The molecule has 0 spiro atoms. The van der Waals surface area contributed by atoms with E-state index in [1.165, 1.54) is 36.8 Å². The fraction of sp³-hybridized carbons (Fsp3) is 0.750. The molecule has 0 fully saturated rings. The van der Waals surface area contributed by atoms with Crippen molar-refractivity contribution in [3.05, 3.63) is 23.3 Å². The average molecular weight is 361 g/mol. The lowest BCUT2D eigenvalue weighted by Crippen LogP contribution is -2.19. The minimum atomic E-state index is 0.527. The summed E-state index contributed by atoms with van der Waals surface area (Å²) in [5, 5.41) is 0. The zero-order chi connectivity index (χ0) is 19.7. The topological polar surface area (TPSA) is 34.1 Å². The van der Waals surface area contributed by atoms with Crippen LogP contribution in [0, 0.1) is 35.5 Å². The first kappa shape index (κ1) is 22.9. The molecule has 2 rings (SSSR count). The molecule has 0 aliphatic heterocycles. The van der Waals surface area contributed by atoms with Crippen LogP contribution < -0.4 is 0 Å². The third-order valence-corrected chi connectivity index (χ3v) is 6.59. The van der Waals surface area contributed by atoms with Gasteiger partial charge < -0.3 is 9.59 Å². The summed E-state index contributed by atoms with van der Waals surface area (Å²) >= 11 is 0. The summed E-state index contributed by atoms with van der Waals surface area (Å²) in [6.07, 6.45) is 13.0.